The van der Waals surface area contributed by atoms with E-state index in [-0.39, 0.29) is 5.91 Å². The van der Waals surface area contributed by atoms with Crippen LogP contribution in [0.1, 0.15) is 23.6 Å². The van der Waals surface area contributed by atoms with E-state index in [1.807, 2.05) is 24.3 Å². The molecule has 0 fully saturated rings. The van der Waals surface area contributed by atoms with Gasteiger partial charge in [-0.2, -0.15) is 0 Å². The minimum absolute atomic E-state index is 0.0409. The van der Waals surface area contributed by atoms with E-state index < -0.39 is 0 Å². The van der Waals surface area contributed by atoms with Crippen molar-refractivity contribution in [2.75, 3.05) is 11.1 Å². The van der Waals surface area contributed by atoms with Gasteiger partial charge in [0.2, 0.25) is 5.91 Å². The number of rotatable bonds is 5. The molecule has 0 aromatic heterocycles. The molecular weight excluding hydrogens is 278 g/mol. The van der Waals surface area contributed by atoms with Crippen LogP contribution in [0.5, 0.6) is 0 Å². The number of carbonyl (C=O) groups is 1. The lowest BCUT2D eigenvalue weighted by molar-refractivity contribution is -0.113. The molecule has 2 aromatic rings. The molecule has 2 nitrogen and oxygen atoms in total. The highest BCUT2D eigenvalue weighted by atomic mass is 32.2. The van der Waals surface area contributed by atoms with E-state index in [9.17, 15) is 4.79 Å². The van der Waals surface area contributed by atoms with Crippen molar-refractivity contribution in [3.63, 3.8) is 0 Å². The van der Waals surface area contributed by atoms with Gasteiger partial charge in [-0.05, 0) is 55.2 Å². The van der Waals surface area contributed by atoms with Gasteiger partial charge in [0.25, 0.3) is 0 Å². The molecule has 110 valence electrons. The average Bonchev–Trinajstić information content (AvgIpc) is 2.49. The maximum Gasteiger partial charge on any atom is 0.234 e. The summed E-state index contributed by atoms with van der Waals surface area (Å²) < 4.78 is 0. The van der Waals surface area contributed by atoms with Crippen LogP contribution < -0.4 is 5.32 Å². The second kappa shape index (κ2) is 7.32. The van der Waals surface area contributed by atoms with Gasteiger partial charge >= 0.3 is 0 Å². The van der Waals surface area contributed by atoms with Crippen LogP contribution in [-0.4, -0.2) is 11.7 Å². The van der Waals surface area contributed by atoms with Gasteiger partial charge in [-0.25, -0.2) is 0 Å². The molecule has 0 aliphatic carbocycles. The van der Waals surface area contributed by atoms with Crippen molar-refractivity contribution < 1.29 is 4.79 Å². The Bertz CT molecular complexity index is 637. The molecule has 2 aromatic carbocycles. The van der Waals surface area contributed by atoms with Gasteiger partial charge in [-0.15, -0.1) is 11.8 Å². The number of anilines is 1. The zero-order valence-corrected chi connectivity index (χ0v) is 13.6. The lowest BCUT2D eigenvalue weighted by Gasteiger charge is -2.10. The zero-order chi connectivity index (χ0) is 15.2. The SMILES string of the molecule is CCc1ccccc1NC(=O)CSc1ccc(C)c(C)c1. The van der Waals surface area contributed by atoms with Crippen molar-refractivity contribution >= 4 is 23.4 Å². The lowest BCUT2D eigenvalue weighted by atomic mass is 10.1. The molecule has 0 aliphatic heterocycles. The summed E-state index contributed by atoms with van der Waals surface area (Å²) in [4.78, 5) is 13.2. The summed E-state index contributed by atoms with van der Waals surface area (Å²) in [6.45, 7) is 6.28. The van der Waals surface area contributed by atoms with Crippen molar-refractivity contribution in [2.24, 2.45) is 0 Å². The predicted molar refractivity (Wildman–Crippen MR) is 91.1 cm³/mol. The molecule has 1 N–H and O–H groups in total. The number of amides is 1. The molecule has 0 unspecified atom stereocenters. The molecule has 1 amide bonds. The first-order valence-electron chi connectivity index (χ1n) is 7.18. The maximum atomic E-state index is 12.1. The second-order valence-electron chi connectivity index (χ2n) is 5.09. The van der Waals surface area contributed by atoms with Crippen LogP contribution in [0.2, 0.25) is 0 Å². The number of nitrogens with one attached hydrogen (secondary N) is 1. The van der Waals surface area contributed by atoms with E-state index in [1.54, 1.807) is 11.8 Å². The summed E-state index contributed by atoms with van der Waals surface area (Å²) in [5.41, 5.74) is 4.63. The first-order valence-corrected chi connectivity index (χ1v) is 8.16. The number of hydrogen-bond acceptors (Lipinski definition) is 2. The second-order valence-corrected chi connectivity index (χ2v) is 6.14. The molecule has 0 aliphatic rings. The summed E-state index contributed by atoms with van der Waals surface area (Å²) in [5, 5.41) is 3.00. The van der Waals surface area contributed by atoms with Crippen LogP contribution >= 0.6 is 11.8 Å². The number of carbonyl (C=O) groups excluding carboxylic acids is 1. The summed E-state index contributed by atoms with van der Waals surface area (Å²) in [7, 11) is 0. The van der Waals surface area contributed by atoms with E-state index in [1.165, 1.54) is 16.7 Å². The standard InChI is InChI=1S/C18H21NOS/c1-4-15-7-5-6-8-17(15)19-18(20)12-21-16-10-9-13(2)14(3)11-16/h5-11H,4,12H2,1-3H3,(H,19,20). The molecule has 2 rings (SSSR count). The topological polar surface area (TPSA) is 29.1 Å². The van der Waals surface area contributed by atoms with E-state index in [2.05, 4.69) is 44.3 Å². The number of para-hydroxylation sites is 1. The fraction of sp³-hybridized carbons (Fsp3) is 0.278. The van der Waals surface area contributed by atoms with Crippen molar-refractivity contribution in [3.05, 3.63) is 59.2 Å². The molecule has 0 radical (unpaired) electrons. The normalized spacial score (nSPS) is 10.4. The third kappa shape index (κ3) is 4.36. The quantitative estimate of drug-likeness (QED) is 0.818. The number of benzene rings is 2. The fourth-order valence-electron chi connectivity index (χ4n) is 2.09. The Labute approximate surface area is 131 Å². The number of hydrogen-bond donors (Lipinski definition) is 1. The highest BCUT2D eigenvalue weighted by molar-refractivity contribution is 8.00. The molecule has 3 heteroatoms. The van der Waals surface area contributed by atoms with Crippen LogP contribution in [0.25, 0.3) is 0 Å². The van der Waals surface area contributed by atoms with Gasteiger partial charge < -0.3 is 5.32 Å². The van der Waals surface area contributed by atoms with E-state index >= 15 is 0 Å². The highest BCUT2D eigenvalue weighted by Gasteiger charge is 2.06. The molecule has 0 bridgehead atoms. The number of thioether (sulfide) groups is 1. The van der Waals surface area contributed by atoms with Gasteiger partial charge in [0.1, 0.15) is 0 Å². The Kier molecular flexibility index (Phi) is 5.45. The summed E-state index contributed by atoms with van der Waals surface area (Å²) in [5.74, 6) is 0.472. The van der Waals surface area contributed by atoms with Crippen LogP contribution in [0.3, 0.4) is 0 Å². The van der Waals surface area contributed by atoms with Crippen LogP contribution in [0.4, 0.5) is 5.69 Å². The third-order valence-electron chi connectivity index (χ3n) is 3.52. The molecule has 0 heterocycles. The summed E-state index contributed by atoms with van der Waals surface area (Å²) in [6, 6.07) is 14.3. The van der Waals surface area contributed by atoms with Crippen LogP contribution in [0.15, 0.2) is 47.4 Å². The Morgan fingerprint density at radius 2 is 1.86 bits per heavy atom. The van der Waals surface area contributed by atoms with E-state index in [0.29, 0.717) is 5.75 Å². The maximum absolute atomic E-state index is 12.1. The molecule has 0 atom stereocenters. The number of aryl methyl sites for hydroxylation is 3. The summed E-state index contributed by atoms with van der Waals surface area (Å²) in [6.07, 6.45) is 0.917. The lowest BCUT2D eigenvalue weighted by Crippen LogP contribution is -2.15. The fourth-order valence-corrected chi connectivity index (χ4v) is 2.88. The molecule has 0 saturated carbocycles. The van der Waals surface area contributed by atoms with Crippen LogP contribution in [0, 0.1) is 13.8 Å². The van der Waals surface area contributed by atoms with Gasteiger partial charge in [0.05, 0.1) is 5.75 Å². The van der Waals surface area contributed by atoms with Crippen molar-refractivity contribution in [3.8, 4) is 0 Å². The van der Waals surface area contributed by atoms with Crippen LogP contribution in [-0.2, 0) is 11.2 Å². The van der Waals surface area contributed by atoms with Gasteiger partial charge in [-0.1, -0.05) is 31.2 Å². The van der Waals surface area contributed by atoms with E-state index in [4.69, 9.17) is 0 Å². The first-order chi connectivity index (χ1) is 10.1. The monoisotopic (exact) mass is 299 g/mol. The largest absolute Gasteiger partial charge is 0.325 e. The Morgan fingerprint density at radius 1 is 1.10 bits per heavy atom. The smallest absolute Gasteiger partial charge is 0.234 e. The molecule has 21 heavy (non-hydrogen) atoms. The third-order valence-corrected chi connectivity index (χ3v) is 4.51. The van der Waals surface area contributed by atoms with Gasteiger partial charge in [0, 0.05) is 10.6 Å². The predicted octanol–water partition coefficient (Wildman–Crippen LogP) is 4.60. The zero-order valence-electron chi connectivity index (χ0n) is 12.8. The highest BCUT2D eigenvalue weighted by Crippen LogP contribution is 2.22. The molecular formula is C18H21NOS. The van der Waals surface area contributed by atoms with E-state index in [0.717, 1.165) is 17.0 Å². The van der Waals surface area contributed by atoms with Gasteiger partial charge in [0.15, 0.2) is 0 Å². The molecule has 0 spiro atoms. The summed E-state index contributed by atoms with van der Waals surface area (Å²) >= 11 is 1.57. The van der Waals surface area contributed by atoms with Gasteiger partial charge in [-0.3, -0.25) is 4.79 Å². The van der Waals surface area contributed by atoms with Crippen molar-refractivity contribution in [1.82, 2.24) is 0 Å². The molecule has 0 saturated heterocycles. The Hall–Kier alpha value is -1.74. The Balaban J connectivity index is 1.94. The minimum atomic E-state index is 0.0409. The first kappa shape index (κ1) is 15.6. The Morgan fingerprint density at radius 3 is 2.57 bits per heavy atom. The average molecular weight is 299 g/mol. The van der Waals surface area contributed by atoms with Crippen molar-refractivity contribution in [2.45, 2.75) is 32.1 Å². The minimum Gasteiger partial charge on any atom is -0.325 e. The van der Waals surface area contributed by atoms with Crippen molar-refractivity contribution in [1.29, 1.82) is 0 Å².